The topological polar surface area (TPSA) is 30.5 Å². The van der Waals surface area contributed by atoms with Crippen LogP contribution in [0, 0.1) is 5.82 Å². The zero-order valence-corrected chi connectivity index (χ0v) is 10.5. The molecule has 0 amide bonds. The Labute approximate surface area is 102 Å². The van der Waals surface area contributed by atoms with Crippen LogP contribution in [0.1, 0.15) is 25.8 Å². The van der Waals surface area contributed by atoms with Gasteiger partial charge in [0.2, 0.25) is 0 Å². The third-order valence-corrected chi connectivity index (χ3v) is 2.28. The predicted molar refractivity (Wildman–Crippen MR) is 65.5 cm³/mol. The fourth-order valence-electron chi connectivity index (χ4n) is 1.44. The molecule has 0 aliphatic rings. The Hall–Kier alpha value is -1.13. The first-order chi connectivity index (χ1) is 8.29. The van der Waals surface area contributed by atoms with E-state index in [1.54, 1.807) is 6.07 Å². The lowest BCUT2D eigenvalue weighted by molar-refractivity contribution is 0.0194. The van der Waals surface area contributed by atoms with Gasteiger partial charge in [0.1, 0.15) is 0 Å². The largest absolute Gasteiger partial charge is 0.464 e. The summed E-state index contributed by atoms with van der Waals surface area (Å²) in [6.07, 6.45) is 1.05. The zero-order valence-electron chi connectivity index (χ0n) is 10.5. The molecule has 0 aliphatic heterocycles. The minimum atomic E-state index is -0.347. The van der Waals surface area contributed by atoms with Crippen molar-refractivity contribution < 1.29 is 13.9 Å². The van der Waals surface area contributed by atoms with Gasteiger partial charge in [0.05, 0.1) is 0 Å². The number of hydrogen-bond acceptors (Lipinski definition) is 3. The first-order valence-electron chi connectivity index (χ1n) is 5.98. The zero-order chi connectivity index (χ0) is 12.5. The highest BCUT2D eigenvalue weighted by Gasteiger charge is 2.09. The third-order valence-electron chi connectivity index (χ3n) is 2.28. The van der Waals surface area contributed by atoms with E-state index in [4.69, 9.17) is 9.47 Å². The molecule has 1 aromatic carbocycles. The van der Waals surface area contributed by atoms with Gasteiger partial charge in [-0.3, -0.25) is 0 Å². The van der Waals surface area contributed by atoms with Crippen LogP contribution in [0.2, 0.25) is 0 Å². The molecule has 1 N–H and O–H groups in total. The average Bonchev–Trinajstić information content (AvgIpc) is 2.33. The van der Waals surface area contributed by atoms with Crippen molar-refractivity contribution in [3.05, 3.63) is 29.6 Å². The van der Waals surface area contributed by atoms with E-state index in [9.17, 15) is 4.39 Å². The summed E-state index contributed by atoms with van der Waals surface area (Å²) in [5.41, 5.74) is 0.818. The van der Waals surface area contributed by atoms with E-state index >= 15 is 0 Å². The molecular formula is C13H20FNO2. The van der Waals surface area contributed by atoms with Crippen LogP contribution in [0.15, 0.2) is 18.2 Å². The van der Waals surface area contributed by atoms with E-state index in [-0.39, 0.29) is 18.4 Å². The minimum Gasteiger partial charge on any atom is -0.464 e. The molecule has 0 bridgehead atoms. The number of nitrogens with one attached hydrogen (secondary N) is 1. The van der Waals surface area contributed by atoms with Gasteiger partial charge in [0, 0.05) is 18.7 Å². The third kappa shape index (κ3) is 4.71. The van der Waals surface area contributed by atoms with Crippen molar-refractivity contribution in [3.8, 4) is 5.75 Å². The Morgan fingerprint density at radius 3 is 2.82 bits per heavy atom. The molecule has 1 aromatic rings. The van der Waals surface area contributed by atoms with Crippen molar-refractivity contribution in [2.45, 2.75) is 26.8 Å². The highest BCUT2D eigenvalue weighted by molar-refractivity contribution is 5.34. The standard InChI is InChI=1S/C13H20FNO2/c1-3-8-15-9-11-6-5-7-12(14)13(11)17-10-16-4-2/h5-7,15H,3-4,8-10H2,1-2H3. The predicted octanol–water partition coefficient (Wildman–Crippen LogP) is 2.70. The molecule has 0 atom stereocenters. The number of hydrogen-bond donors (Lipinski definition) is 1. The molecular weight excluding hydrogens is 221 g/mol. The Morgan fingerprint density at radius 1 is 1.29 bits per heavy atom. The van der Waals surface area contributed by atoms with Crippen LogP contribution < -0.4 is 10.1 Å². The number of para-hydroxylation sites is 1. The summed E-state index contributed by atoms with van der Waals surface area (Å²) in [4.78, 5) is 0. The van der Waals surface area contributed by atoms with Gasteiger partial charge in [-0.25, -0.2) is 4.39 Å². The number of rotatable bonds is 8. The maximum absolute atomic E-state index is 13.6. The van der Waals surface area contributed by atoms with Gasteiger partial charge < -0.3 is 14.8 Å². The first kappa shape index (κ1) is 13.9. The van der Waals surface area contributed by atoms with Crippen LogP contribution in [0.25, 0.3) is 0 Å². The second-order valence-electron chi connectivity index (χ2n) is 3.66. The molecule has 3 nitrogen and oxygen atoms in total. The van der Waals surface area contributed by atoms with E-state index in [0.717, 1.165) is 18.5 Å². The van der Waals surface area contributed by atoms with Gasteiger partial charge in [0.15, 0.2) is 18.4 Å². The lowest BCUT2D eigenvalue weighted by Gasteiger charge is -2.12. The van der Waals surface area contributed by atoms with Crippen LogP contribution in [-0.4, -0.2) is 19.9 Å². The van der Waals surface area contributed by atoms with Crippen LogP contribution in [0.5, 0.6) is 5.75 Å². The second kappa shape index (κ2) is 8.03. The molecule has 0 unspecified atom stereocenters. The molecule has 96 valence electrons. The molecule has 0 heterocycles. The Morgan fingerprint density at radius 2 is 2.12 bits per heavy atom. The monoisotopic (exact) mass is 241 g/mol. The molecule has 1 rings (SSSR count). The van der Waals surface area contributed by atoms with Gasteiger partial charge in [-0.1, -0.05) is 19.1 Å². The SMILES string of the molecule is CCCNCc1cccc(F)c1OCOCC. The van der Waals surface area contributed by atoms with E-state index in [0.29, 0.717) is 13.2 Å². The van der Waals surface area contributed by atoms with Crippen LogP contribution in [0.4, 0.5) is 4.39 Å². The molecule has 0 aromatic heterocycles. The summed E-state index contributed by atoms with van der Waals surface area (Å²) in [7, 11) is 0. The van der Waals surface area contributed by atoms with Crippen LogP contribution in [-0.2, 0) is 11.3 Å². The van der Waals surface area contributed by atoms with Crippen LogP contribution >= 0.6 is 0 Å². The smallest absolute Gasteiger partial charge is 0.189 e. The maximum Gasteiger partial charge on any atom is 0.189 e. The molecule has 17 heavy (non-hydrogen) atoms. The minimum absolute atomic E-state index is 0.0816. The molecule has 0 saturated heterocycles. The van der Waals surface area contributed by atoms with E-state index < -0.39 is 0 Å². The summed E-state index contributed by atoms with van der Waals surface area (Å²) in [5, 5.41) is 3.22. The van der Waals surface area contributed by atoms with Crippen LogP contribution in [0.3, 0.4) is 0 Å². The number of halogens is 1. The maximum atomic E-state index is 13.6. The van der Waals surface area contributed by atoms with Gasteiger partial charge in [0.25, 0.3) is 0 Å². The molecule has 0 fully saturated rings. The summed E-state index contributed by atoms with van der Waals surface area (Å²) >= 11 is 0. The first-order valence-corrected chi connectivity index (χ1v) is 5.98. The highest BCUT2D eigenvalue weighted by atomic mass is 19.1. The van der Waals surface area contributed by atoms with Crippen molar-refractivity contribution in [3.63, 3.8) is 0 Å². The number of benzene rings is 1. The summed E-state index contributed by atoms with van der Waals surface area (Å²) in [6.45, 7) is 6.10. The second-order valence-corrected chi connectivity index (χ2v) is 3.66. The van der Waals surface area contributed by atoms with Crippen molar-refractivity contribution in [2.24, 2.45) is 0 Å². The van der Waals surface area contributed by atoms with Crippen molar-refractivity contribution in [1.82, 2.24) is 5.32 Å². The summed E-state index contributed by atoms with van der Waals surface area (Å²) < 4.78 is 23.9. The average molecular weight is 241 g/mol. The molecule has 0 aliphatic carbocycles. The van der Waals surface area contributed by atoms with E-state index in [1.165, 1.54) is 6.07 Å². The van der Waals surface area contributed by atoms with Crippen molar-refractivity contribution in [1.29, 1.82) is 0 Å². The van der Waals surface area contributed by atoms with Gasteiger partial charge in [-0.15, -0.1) is 0 Å². The van der Waals surface area contributed by atoms with Gasteiger partial charge >= 0.3 is 0 Å². The molecule has 0 saturated carbocycles. The summed E-state index contributed by atoms with van der Waals surface area (Å²) in [6, 6.07) is 4.93. The molecule has 4 heteroatoms. The quantitative estimate of drug-likeness (QED) is 0.560. The fourth-order valence-corrected chi connectivity index (χ4v) is 1.44. The Balaban J connectivity index is 2.63. The lowest BCUT2D eigenvalue weighted by Crippen LogP contribution is -2.15. The summed E-state index contributed by atoms with van der Waals surface area (Å²) in [5.74, 6) is -0.0648. The lowest BCUT2D eigenvalue weighted by atomic mass is 10.2. The van der Waals surface area contributed by atoms with Crippen molar-refractivity contribution >= 4 is 0 Å². The van der Waals surface area contributed by atoms with E-state index in [1.807, 2.05) is 13.0 Å². The highest BCUT2D eigenvalue weighted by Crippen LogP contribution is 2.22. The fraction of sp³-hybridized carbons (Fsp3) is 0.538. The van der Waals surface area contributed by atoms with Gasteiger partial charge in [-0.2, -0.15) is 0 Å². The Kier molecular flexibility index (Phi) is 6.58. The molecule has 0 radical (unpaired) electrons. The van der Waals surface area contributed by atoms with Crippen molar-refractivity contribution in [2.75, 3.05) is 19.9 Å². The molecule has 0 spiro atoms. The van der Waals surface area contributed by atoms with E-state index in [2.05, 4.69) is 12.2 Å². The number of ether oxygens (including phenoxy) is 2. The van der Waals surface area contributed by atoms with Gasteiger partial charge in [-0.05, 0) is 26.0 Å². The normalized spacial score (nSPS) is 10.5. The Bertz CT molecular complexity index is 331.